The Morgan fingerprint density at radius 3 is 2.17 bits per heavy atom. The molecule has 1 amide bonds. The van der Waals surface area contributed by atoms with Gasteiger partial charge in [0.25, 0.3) is 0 Å². The van der Waals surface area contributed by atoms with Crippen LogP contribution in [0.25, 0.3) is 0 Å². The Labute approximate surface area is 198 Å². The van der Waals surface area contributed by atoms with Crippen LogP contribution in [0.3, 0.4) is 0 Å². The zero-order valence-corrected chi connectivity index (χ0v) is 20.8. The molecule has 2 aromatic carbocycles. The molecular formula is C22H25BrINO5. The molecular weight excluding hydrogens is 565 g/mol. The molecule has 0 bridgehead atoms. The first-order valence-corrected chi connectivity index (χ1v) is 11.2. The minimum absolute atomic E-state index is 0.121. The van der Waals surface area contributed by atoms with E-state index in [4.69, 9.17) is 9.47 Å². The predicted molar refractivity (Wildman–Crippen MR) is 126 cm³/mol. The lowest BCUT2D eigenvalue weighted by Gasteiger charge is -2.38. The lowest BCUT2D eigenvalue weighted by Crippen LogP contribution is -2.46. The van der Waals surface area contributed by atoms with Gasteiger partial charge >= 0.3 is 12.1 Å². The fourth-order valence-electron chi connectivity index (χ4n) is 3.18. The molecule has 2 atom stereocenters. The van der Waals surface area contributed by atoms with E-state index in [0.717, 1.165) is 10.0 Å². The number of nitrogens with zero attached hydrogens (tertiary/aromatic N) is 1. The number of esters is 1. The van der Waals surface area contributed by atoms with Gasteiger partial charge in [-0.2, -0.15) is 0 Å². The number of halogens is 2. The summed E-state index contributed by atoms with van der Waals surface area (Å²) in [5, 5.41) is 11.4. The summed E-state index contributed by atoms with van der Waals surface area (Å²) >= 11 is 5.61. The first-order valence-electron chi connectivity index (χ1n) is 9.29. The quantitative estimate of drug-likeness (QED) is 0.204. The molecule has 0 fully saturated rings. The maximum absolute atomic E-state index is 12.6. The first kappa shape index (κ1) is 24.6. The van der Waals surface area contributed by atoms with Gasteiger partial charge in [0, 0.05) is 11.0 Å². The lowest BCUT2D eigenvalue weighted by atomic mass is 9.87. The third-order valence-electron chi connectivity index (χ3n) is 5.00. The van der Waals surface area contributed by atoms with Gasteiger partial charge in [0.1, 0.15) is 9.15 Å². The third kappa shape index (κ3) is 5.95. The minimum Gasteiger partial charge on any atom is -0.469 e. The number of hydrogen-bond donors (Lipinski definition) is 1. The van der Waals surface area contributed by atoms with Gasteiger partial charge in [-0.15, -0.1) is 0 Å². The van der Waals surface area contributed by atoms with Gasteiger partial charge in [0.05, 0.1) is 20.6 Å². The molecule has 8 heteroatoms. The Morgan fingerprint density at radius 1 is 1.03 bits per heavy atom. The number of ether oxygens (including phenoxy) is 2. The molecule has 1 N–H and O–H groups in total. The van der Waals surface area contributed by atoms with Gasteiger partial charge in [0.2, 0.25) is 0 Å². The van der Waals surface area contributed by atoms with E-state index < -0.39 is 21.2 Å². The molecule has 1 unspecified atom stereocenters. The van der Waals surface area contributed by atoms with E-state index in [9.17, 15) is 14.7 Å². The molecule has 0 heterocycles. The van der Waals surface area contributed by atoms with Crippen molar-refractivity contribution < 1.29 is 24.2 Å². The Morgan fingerprint density at radius 2 is 1.63 bits per heavy atom. The molecule has 0 aliphatic heterocycles. The summed E-state index contributed by atoms with van der Waals surface area (Å²) < 4.78 is 9.99. The number of hydrogen-bond acceptors (Lipinski definition) is 5. The number of amides is 1. The smallest absolute Gasteiger partial charge is 0.410 e. The van der Waals surface area contributed by atoms with Gasteiger partial charge in [-0.1, -0.05) is 58.4 Å². The van der Waals surface area contributed by atoms with Crippen LogP contribution in [0.15, 0.2) is 59.1 Å². The second-order valence-corrected chi connectivity index (χ2v) is 10.00. The van der Waals surface area contributed by atoms with E-state index in [1.165, 1.54) is 14.2 Å². The summed E-state index contributed by atoms with van der Waals surface area (Å²) in [7, 11) is 2.60. The van der Waals surface area contributed by atoms with E-state index in [1.807, 2.05) is 37.3 Å². The first-order chi connectivity index (χ1) is 14.1. The summed E-state index contributed by atoms with van der Waals surface area (Å²) in [5.74, 6) is -0.531. The van der Waals surface area contributed by atoms with Gasteiger partial charge < -0.3 is 14.6 Å². The fourth-order valence-corrected chi connectivity index (χ4v) is 4.25. The molecule has 162 valence electrons. The molecule has 30 heavy (non-hydrogen) atoms. The highest BCUT2D eigenvalue weighted by Gasteiger charge is 2.39. The van der Waals surface area contributed by atoms with Crippen molar-refractivity contribution in [2.75, 3.05) is 20.8 Å². The van der Waals surface area contributed by atoms with E-state index in [2.05, 4.69) is 38.5 Å². The second-order valence-electron chi connectivity index (χ2n) is 6.98. The maximum atomic E-state index is 12.6. The zero-order chi connectivity index (χ0) is 22.4. The van der Waals surface area contributed by atoms with Gasteiger partial charge in [-0.25, -0.2) is 4.79 Å². The summed E-state index contributed by atoms with van der Waals surface area (Å²) in [6.45, 7) is 2.06. The van der Waals surface area contributed by atoms with Gasteiger partial charge in [0.15, 0.2) is 0 Å². The SMILES string of the molecule is COC(=O)CC(O)(CCN(C(=O)OC)[C@@](C)(I)c1ccc(Br)cc1)c1ccccc1. The standard InChI is InChI=1S/C22H25BrINO5/c1-21(24,16-9-11-18(23)12-10-16)25(20(27)30-3)14-13-22(28,15-19(26)29-2)17-7-5-4-6-8-17/h4-12,28H,13-15H2,1-3H3/t21-,22?/m1/s1. The van der Waals surface area contributed by atoms with Crippen LogP contribution in [0.2, 0.25) is 0 Å². The normalized spacial score (nSPS) is 14.9. The highest BCUT2D eigenvalue weighted by atomic mass is 127. The molecule has 0 saturated heterocycles. The summed E-state index contributed by atoms with van der Waals surface area (Å²) in [6, 6.07) is 16.6. The van der Waals surface area contributed by atoms with E-state index in [0.29, 0.717) is 5.56 Å². The lowest BCUT2D eigenvalue weighted by molar-refractivity contribution is -0.147. The van der Waals surface area contributed by atoms with Crippen LogP contribution >= 0.6 is 38.5 Å². The second kappa shape index (κ2) is 10.6. The maximum Gasteiger partial charge on any atom is 0.410 e. The van der Waals surface area contributed by atoms with Crippen LogP contribution in [-0.2, 0) is 23.4 Å². The van der Waals surface area contributed by atoms with E-state index >= 15 is 0 Å². The van der Waals surface area contributed by atoms with Crippen LogP contribution in [0.4, 0.5) is 4.79 Å². The summed E-state index contributed by atoms with van der Waals surface area (Å²) in [6.07, 6.45) is -0.627. The molecule has 0 spiro atoms. The largest absolute Gasteiger partial charge is 0.469 e. The van der Waals surface area contributed by atoms with Crippen LogP contribution in [-0.4, -0.2) is 42.8 Å². The summed E-state index contributed by atoms with van der Waals surface area (Å²) in [4.78, 5) is 26.2. The number of aliphatic hydroxyl groups is 1. The number of benzene rings is 2. The monoisotopic (exact) mass is 589 g/mol. The highest BCUT2D eigenvalue weighted by molar-refractivity contribution is 14.1. The zero-order valence-electron chi connectivity index (χ0n) is 17.1. The topological polar surface area (TPSA) is 76.1 Å². The van der Waals surface area contributed by atoms with Crippen molar-refractivity contribution in [3.8, 4) is 0 Å². The Kier molecular flexibility index (Phi) is 8.69. The van der Waals surface area contributed by atoms with Gasteiger partial charge in [-0.3, -0.25) is 9.69 Å². The van der Waals surface area contributed by atoms with E-state index in [1.54, 1.807) is 29.2 Å². The van der Waals surface area contributed by atoms with Crippen molar-refractivity contribution in [1.29, 1.82) is 0 Å². The molecule has 2 aromatic rings. The van der Waals surface area contributed by atoms with Crippen molar-refractivity contribution in [1.82, 2.24) is 4.90 Å². The fraction of sp³-hybridized carbons (Fsp3) is 0.364. The molecule has 2 rings (SSSR count). The van der Waals surface area contributed by atoms with Crippen molar-refractivity contribution in [2.45, 2.75) is 28.9 Å². The van der Waals surface area contributed by atoms with E-state index in [-0.39, 0.29) is 19.4 Å². The third-order valence-corrected chi connectivity index (χ3v) is 6.73. The number of alkyl halides is 1. The van der Waals surface area contributed by atoms with Crippen LogP contribution in [0, 0.1) is 0 Å². The average Bonchev–Trinajstić information content (AvgIpc) is 2.74. The molecule has 0 aromatic heterocycles. The summed E-state index contributed by atoms with van der Waals surface area (Å²) in [5.41, 5.74) is -0.0143. The van der Waals surface area contributed by atoms with Crippen molar-refractivity contribution >= 4 is 50.6 Å². The molecule has 0 radical (unpaired) electrons. The van der Waals surface area contributed by atoms with Crippen LogP contribution in [0.5, 0.6) is 0 Å². The van der Waals surface area contributed by atoms with Crippen molar-refractivity contribution in [3.05, 3.63) is 70.2 Å². The molecule has 0 aliphatic rings. The molecule has 0 aliphatic carbocycles. The number of carbonyl (C=O) groups excluding carboxylic acids is 2. The predicted octanol–water partition coefficient (Wildman–Crippen LogP) is 4.97. The highest BCUT2D eigenvalue weighted by Crippen LogP contribution is 2.38. The Hall–Kier alpha value is -1.65. The Bertz CT molecular complexity index is 860. The van der Waals surface area contributed by atoms with Crippen LogP contribution in [0.1, 0.15) is 30.9 Å². The van der Waals surface area contributed by atoms with Crippen molar-refractivity contribution in [2.24, 2.45) is 0 Å². The number of rotatable bonds is 8. The van der Waals surface area contributed by atoms with Gasteiger partial charge in [-0.05, 0) is 59.2 Å². The number of methoxy groups -OCH3 is 2. The molecule has 0 saturated carbocycles. The Balaban J connectivity index is 2.35. The van der Waals surface area contributed by atoms with Crippen LogP contribution < -0.4 is 0 Å². The van der Waals surface area contributed by atoms with Crippen molar-refractivity contribution in [3.63, 3.8) is 0 Å². The molecule has 6 nitrogen and oxygen atoms in total. The number of carbonyl (C=O) groups is 2. The average molecular weight is 590 g/mol. The minimum atomic E-state index is -1.49.